The molecule has 0 saturated carbocycles. The molecule has 7 nitrogen and oxygen atoms in total. The smallest absolute Gasteiger partial charge is 0.446 e. The summed E-state index contributed by atoms with van der Waals surface area (Å²) >= 11 is 0. The first-order chi connectivity index (χ1) is 8.31. The summed E-state index contributed by atoms with van der Waals surface area (Å²) in [7, 11) is -3.29. The fourth-order valence-electron chi connectivity index (χ4n) is 1.40. The van der Waals surface area contributed by atoms with Gasteiger partial charge in [-0.25, -0.2) is 4.79 Å². The molecule has 0 aromatic heterocycles. The zero-order chi connectivity index (χ0) is 13.8. The van der Waals surface area contributed by atoms with Gasteiger partial charge in [-0.1, -0.05) is 12.2 Å². The van der Waals surface area contributed by atoms with Crippen LogP contribution in [0.3, 0.4) is 0 Å². The first kappa shape index (κ1) is 14.3. The number of methoxy groups -OCH3 is 1. The third-order valence-electron chi connectivity index (χ3n) is 2.12. The molecule has 100 valence electrons. The van der Waals surface area contributed by atoms with Crippen LogP contribution in [-0.4, -0.2) is 31.2 Å². The van der Waals surface area contributed by atoms with Gasteiger partial charge in [0.15, 0.2) is 5.76 Å². The Morgan fingerprint density at radius 1 is 1.56 bits per heavy atom. The van der Waals surface area contributed by atoms with E-state index in [0.717, 1.165) is 6.08 Å². The van der Waals surface area contributed by atoms with Gasteiger partial charge in [0.05, 0.1) is 7.11 Å². The molecule has 18 heavy (non-hydrogen) atoms. The van der Waals surface area contributed by atoms with Crippen molar-refractivity contribution in [2.75, 3.05) is 7.11 Å². The van der Waals surface area contributed by atoms with E-state index in [1.165, 1.54) is 19.3 Å². The number of allylic oxidation sites excluding steroid dienone is 4. The van der Waals surface area contributed by atoms with Crippen molar-refractivity contribution in [1.82, 2.24) is 0 Å². The Kier molecular flexibility index (Phi) is 4.51. The van der Waals surface area contributed by atoms with Crippen LogP contribution in [0.1, 0.15) is 6.42 Å². The van der Waals surface area contributed by atoms with Crippen molar-refractivity contribution >= 4 is 16.4 Å². The quantitative estimate of drug-likeness (QED) is 0.566. The molecule has 1 atom stereocenters. The number of carboxylic acids is 1. The summed E-state index contributed by atoms with van der Waals surface area (Å²) in [6.45, 7) is 0. The molecule has 0 bridgehead atoms. The Balaban J connectivity index is 2.84. The normalized spacial score (nSPS) is 20.2. The maximum absolute atomic E-state index is 10.6. The zero-order valence-electron chi connectivity index (χ0n) is 9.44. The molecule has 1 aliphatic carbocycles. The number of aliphatic carboxylic acids is 1. The van der Waals surface area contributed by atoms with Crippen molar-refractivity contribution in [3.63, 3.8) is 0 Å². The van der Waals surface area contributed by atoms with Crippen molar-refractivity contribution in [3.8, 4) is 0 Å². The second-order valence-corrected chi connectivity index (χ2v) is 4.45. The lowest BCUT2D eigenvalue weighted by atomic mass is 9.98. The second kappa shape index (κ2) is 5.69. The number of hydrogen-bond acceptors (Lipinski definition) is 5. The summed E-state index contributed by atoms with van der Waals surface area (Å²) in [4.78, 5) is 10.4. The van der Waals surface area contributed by atoms with E-state index < -0.39 is 16.4 Å². The van der Waals surface area contributed by atoms with E-state index in [-0.39, 0.29) is 23.9 Å². The molecule has 8 heteroatoms. The lowest BCUT2D eigenvalue weighted by Crippen LogP contribution is -2.11. The summed E-state index contributed by atoms with van der Waals surface area (Å²) in [6.07, 6.45) is 5.50. The molecule has 1 unspecified atom stereocenters. The first-order valence-corrected chi connectivity index (χ1v) is 6.21. The first-order valence-electron chi connectivity index (χ1n) is 4.85. The van der Waals surface area contributed by atoms with E-state index in [2.05, 4.69) is 4.18 Å². The average molecular weight is 276 g/mol. The Labute approximate surface area is 104 Å². The van der Waals surface area contributed by atoms with Crippen LogP contribution in [0.2, 0.25) is 0 Å². The maximum atomic E-state index is 10.6. The van der Waals surface area contributed by atoms with Crippen molar-refractivity contribution in [1.29, 1.82) is 0 Å². The van der Waals surface area contributed by atoms with Crippen molar-refractivity contribution in [2.45, 2.75) is 6.42 Å². The number of carboxylic acid groups (broad SMARTS) is 1. The van der Waals surface area contributed by atoms with E-state index in [0.29, 0.717) is 0 Å². The van der Waals surface area contributed by atoms with Gasteiger partial charge in [-0.15, -0.1) is 0 Å². The standard InChI is InChI=1S/C10H12O7S/c1-16-9-6-7(3-5-10(11)12)2-4-8(9)17-18(13,14)15/h2-5,7H,6H2,1H3,(H,11,12)(H,13,14,15). The predicted octanol–water partition coefficient (Wildman–Crippen LogP) is 0.881. The van der Waals surface area contributed by atoms with Crippen LogP contribution in [0.5, 0.6) is 0 Å². The van der Waals surface area contributed by atoms with Gasteiger partial charge in [0.25, 0.3) is 0 Å². The lowest BCUT2D eigenvalue weighted by Gasteiger charge is -2.18. The number of ether oxygens (including phenoxy) is 1. The van der Waals surface area contributed by atoms with Gasteiger partial charge in [0.1, 0.15) is 5.76 Å². The van der Waals surface area contributed by atoms with Crippen LogP contribution >= 0.6 is 0 Å². The van der Waals surface area contributed by atoms with Gasteiger partial charge in [-0.3, -0.25) is 4.55 Å². The molecule has 0 saturated heterocycles. The maximum Gasteiger partial charge on any atom is 0.446 e. The molecule has 0 spiro atoms. The highest BCUT2D eigenvalue weighted by molar-refractivity contribution is 7.81. The fourth-order valence-corrected chi connectivity index (χ4v) is 1.77. The lowest BCUT2D eigenvalue weighted by molar-refractivity contribution is -0.131. The van der Waals surface area contributed by atoms with Crippen LogP contribution in [0.15, 0.2) is 35.8 Å². The largest absolute Gasteiger partial charge is 0.497 e. The summed E-state index contributed by atoms with van der Waals surface area (Å²) in [5.74, 6) is -1.24. The molecular formula is C10H12O7S. The Morgan fingerprint density at radius 3 is 2.72 bits per heavy atom. The minimum atomic E-state index is -4.61. The average Bonchev–Trinajstić information content (AvgIpc) is 2.25. The van der Waals surface area contributed by atoms with Gasteiger partial charge < -0.3 is 14.0 Å². The van der Waals surface area contributed by atoms with Crippen LogP contribution in [-0.2, 0) is 24.1 Å². The number of hydrogen-bond donors (Lipinski definition) is 2. The van der Waals surface area contributed by atoms with Gasteiger partial charge in [-0.2, -0.15) is 8.42 Å². The summed E-state index contributed by atoms with van der Waals surface area (Å²) < 4.78 is 39.0. The zero-order valence-corrected chi connectivity index (χ0v) is 10.3. The highest BCUT2D eigenvalue weighted by Crippen LogP contribution is 2.26. The van der Waals surface area contributed by atoms with Crippen molar-refractivity contribution in [2.24, 2.45) is 5.92 Å². The van der Waals surface area contributed by atoms with Crippen molar-refractivity contribution < 1.29 is 31.8 Å². The molecule has 0 aromatic rings. The SMILES string of the molecule is COC1=C(OS(=O)(=O)O)C=CC(C=CC(=O)O)C1. The summed E-state index contributed by atoms with van der Waals surface area (Å²) in [6, 6.07) is 0. The molecule has 1 rings (SSSR count). The minimum Gasteiger partial charge on any atom is -0.497 e. The summed E-state index contributed by atoms with van der Waals surface area (Å²) in [5.41, 5.74) is 0. The molecule has 0 heterocycles. The molecule has 0 radical (unpaired) electrons. The third-order valence-corrected chi connectivity index (χ3v) is 2.51. The highest BCUT2D eigenvalue weighted by Gasteiger charge is 2.20. The van der Waals surface area contributed by atoms with E-state index >= 15 is 0 Å². The third kappa shape index (κ3) is 4.60. The van der Waals surface area contributed by atoms with Crippen LogP contribution in [0.4, 0.5) is 0 Å². The van der Waals surface area contributed by atoms with E-state index in [4.69, 9.17) is 14.4 Å². The van der Waals surface area contributed by atoms with Crippen LogP contribution in [0, 0.1) is 5.92 Å². The van der Waals surface area contributed by atoms with Crippen LogP contribution in [0.25, 0.3) is 0 Å². The number of carbonyl (C=O) groups is 1. The van der Waals surface area contributed by atoms with Crippen LogP contribution < -0.4 is 0 Å². The monoisotopic (exact) mass is 276 g/mol. The Hall–Kier alpha value is -1.80. The highest BCUT2D eigenvalue weighted by atomic mass is 32.3. The molecule has 2 N–H and O–H groups in total. The van der Waals surface area contributed by atoms with Gasteiger partial charge in [0, 0.05) is 18.4 Å². The minimum absolute atomic E-state index is 0.125. The molecular weight excluding hydrogens is 264 g/mol. The van der Waals surface area contributed by atoms with E-state index in [1.807, 2.05) is 0 Å². The van der Waals surface area contributed by atoms with E-state index in [1.54, 1.807) is 6.08 Å². The predicted molar refractivity (Wildman–Crippen MR) is 60.7 cm³/mol. The molecule has 0 fully saturated rings. The topological polar surface area (TPSA) is 110 Å². The van der Waals surface area contributed by atoms with Crippen molar-refractivity contribution in [3.05, 3.63) is 35.8 Å². The van der Waals surface area contributed by atoms with Gasteiger partial charge in [0.2, 0.25) is 0 Å². The second-order valence-electron chi connectivity index (χ2n) is 3.43. The Morgan fingerprint density at radius 2 is 2.22 bits per heavy atom. The molecule has 0 aromatic carbocycles. The summed E-state index contributed by atoms with van der Waals surface area (Å²) in [5, 5.41) is 8.48. The van der Waals surface area contributed by atoms with Gasteiger partial charge in [-0.05, 0) is 6.08 Å². The molecule has 1 aliphatic rings. The van der Waals surface area contributed by atoms with Gasteiger partial charge >= 0.3 is 16.4 Å². The number of rotatable bonds is 5. The fraction of sp³-hybridized carbons (Fsp3) is 0.300. The van der Waals surface area contributed by atoms with E-state index in [9.17, 15) is 13.2 Å². The molecule has 0 amide bonds. The molecule has 0 aliphatic heterocycles. The Bertz CT molecular complexity index is 512.